The third-order valence-electron chi connectivity index (χ3n) is 3.29. The lowest BCUT2D eigenvalue weighted by atomic mass is 10.1. The van der Waals surface area contributed by atoms with Gasteiger partial charge in [0.2, 0.25) is 0 Å². The SMILES string of the molecule is CCc1oc2ccccc2c1CNCc1csc(=O)[nH]1. The molecule has 0 spiro atoms. The molecule has 2 N–H and O–H groups in total. The van der Waals surface area contributed by atoms with Crippen molar-refractivity contribution < 1.29 is 4.42 Å². The zero-order chi connectivity index (χ0) is 13.9. The zero-order valence-electron chi connectivity index (χ0n) is 11.2. The van der Waals surface area contributed by atoms with Crippen molar-refractivity contribution in [1.82, 2.24) is 10.3 Å². The number of aromatic nitrogens is 1. The Bertz CT molecular complexity index is 769. The van der Waals surface area contributed by atoms with Crippen LogP contribution >= 0.6 is 11.3 Å². The molecule has 0 unspecified atom stereocenters. The number of aryl methyl sites for hydroxylation is 1. The normalized spacial score (nSPS) is 11.2. The maximum absolute atomic E-state index is 11.1. The average Bonchev–Trinajstić information content (AvgIpc) is 3.03. The van der Waals surface area contributed by atoms with E-state index in [1.54, 1.807) is 0 Å². The van der Waals surface area contributed by atoms with Crippen molar-refractivity contribution in [3.63, 3.8) is 0 Å². The molecule has 0 saturated carbocycles. The van der Waals surface area contributed by atoms with Gasteiger partial charge in [0.15, 0.2) is 0 Å². The largest absolute Gasteiger partial charge is 0.461 e. The summed E-state index contributed by atoms with van der Waals surface area (Å²) in [6.07, 6.45) is 0.876. The first-order valence-electron chi connectivity index (χ1n) is 6.64. The monoisotopic (exact) mass is 288 g/mol. The number of rotatable bonds is 5. The molecule has 0 saturated heterocycles. The summed E-state index contributed by atoms with van der Waals surface area (Å²) in [6, 6.07) is 8.09. The second-order valence-corrected chi connectivity index (χ2v) is 5.47. The maximum Gasteiger partial charge on any atom is 0.304 e. The zero-order valence-corrected chi connectivity index (χ0v) is 12.0. The van der Waals surface area contributed by atoms with Gasteiger partial charge in [0.25, 0.3) is 0 Å². The summed E-state index contributed by atoms with van der Waals surface area (Å²) in [5.41, 5.74) is 3.07. The number of thiazole rings is 1. The van der Waals surface area contributed by atoms with Crippen molar-refractivity contribution >= 4 is 22.3 Å². The predicted octanol–water partition coefficient (Wildman–Crippen LogP) is 3.03. The van der Waals surface area contributed by atoms with Crippen LogP contribution in [0.15, 0.2) is 38.9 Å². The summed E-state index contributed by atoms with van der Waals surface area (Å²) in [5.74, 6) is 1.03. The van der Waals surface area contributed by atoms with E-state index in [1.807, 2.05) is 23.6 Å². The van der Waals surface area contributed by atoms with Crippen LogP contribution in [0.3, 0.4) is 0 Å². The molecule has 3 aromatic rings. The minimum Gasteiger partial charge on any atom is -0.461 e. The lowest BCUT2D eigenvalue weighted by Crippen LogP contribution is -2.14. The summed E-state index contributed by atoms with van der Waals surface area (Å²) in [5, 5.41) is 6.37. The minimum atomic E-state index is -0.00944. The molecule has 3 rings (SSSR count). The summed E-state index contributed by atoms with van der Waals surface area (Å²) < 4.78 is 5.86. The molecule has 5 heteroatoms. The van der Waals surface area contributed by atoms with Crippen LogP contribution in [0.4, 0.5) is 0 Å². The van der Waals surface area contributed by atoms with E-state index in [2.05, 4.69) is 23.3 Å². The molecule has 20 heavy (non-hydrogen) atoms. The Labute approximate surface area is 120 Å². The number of hydrogen-bond acceptors (Lipinski definition) is 4. The van der Waals surface area contributed by atoms with E-state index in [0.717, 1.165) is 35.4 Å². The van der Waals surface area contributed by atoms with Gasteiger partial charge in [-0.1, -0.05) is 36.5 Å². The molecule has 0 aliphatic carbocycles. The van der Waals surface area contributed by atoms with Gasteiger partial charge in [0.05, 0.1) is 0 Å². The number of para-hydroxylation sites is 1. The number of H-pyrrole nitrogens is 1. The van der Waals surface area contributed by atoms with Crippen molar-refractivity contribution in [2.24, 2.45) is 0 Å². The lowest BCUT2D eigenvalue weighted by Gasteiger charge is -2.03. The van der Waals surface area contributed by atoms with Gasteiger partial charge in [-0.3, -0.25) is 4.79 Å². The second kappa shape index (κ2) is 5.64. The molecule has 0 fully saturated rings. The lowest BCUT2D eigenvalue weighted by molar-refractivity contribution is 0.543. The molecule has 0 amide bonds. The molecule has 104 valence electrons. The van der Waals surface area contributed by atoms with E-state index in [-0.39, 0.29) is 4.87 Å². The topological polar surface area (TPSA) is 58.0 Å². The summed E-state index contributed by atoms with van der Waals surface area (Å²) in [6.45, 7) is 3.48. The Morgan fingerprint density at radius 3 is 2.90 bits per heavy atom. The Morgan fingerprint density at radius 1 is 1.30 bits per heavy atom. The number of hydrogen-bond donors (Lipinski definition) is 2. The van der Waals surface area contributed by atoms with Gasteiger partial charge in [-0.25, -0.2) is 0 Å². The molecule has 2 aromatic heterocycles. The summed E-state index contributed by atoms with van der Waals surface area (Å²) in [4.78, 5) is 13.9. The summed E-state index contributed by atoms with van der Waals surface area (Å²) >= 11 is 1.19. The van der Waals surface area contributed by atoms with Crippen LogP contribution in [-0.2, 0) is 19.5 Å². The number of fused-ring (bicyclic) bond motifs is 1. The molecule has 2 heterocycles. The van der Waals surface area contributed by atoms with E-state index in [0.29, 0.717) is 6.54 Å². The third kappa shape index (κ3) is 2.55. The number of benzene rings is 1. The van der Waals surface area contributed by atoms with Crippen molar-refractivity contribution in [3.8, 4) is 0 Å². The second-order valence-electron chi connectivity index (χ2n) is 4.63. The minimum absolute atomic E-state index is 0.00944. The van der Waals surface area contributed by atoms with Crippen LogP contribution in [0, 0.1) is 0 Å². The highest BCUT2D eigenvalue weighted by molar-refractivity contribution is 7.07. The van der Waals surface area contributed by atoms with Gasteiger partial charge in [0.1, 0.15) is 11.3 Å². The molecule has 0 aliphatic heterocycles. The van der Waals surface area contributed by atoms with E-state index >= 15 is 0 Å². The fourth-order valence-electron chi connectivity index (χ4n) is 2.35. The highest BCUT2D eigenvalue weighted by Crippen LogP contribution is 2.26. The molecule has 0 bridgehead atoms. The molecule has 0 radical (unpaired) electrons. The van der Waals surface area contributed by atoms with Gasteiger partial charge in [-0.15, -0.1) is 0 Å². The Hall–Kier alpha value is -1.85. The number of nitrogens with one attached hydrogen (secondary N) is 2. The van der Waals surface area contributed by atoms with Gasteiger partial charge in [-0.2, -0.15) is 0 Å². The predicted molar refractivity (Wildman–Crippen MR) is 81.1 cm³/mol. The summed E-state index contributed by atoms with van der Waals surface area (Å²) in [7, 11) is 0. The Kier molecular flexibility index (Phi) is 3.71. The highest BCUT2D eigenvalue weighted by atomic mass is 32.1. The van der Waals surface area contributed by atoms with E-state index < -0.39 is 0 Å². The Morgan fingerprint density at radius 2 is 2.15 bits per heavy atom. The molecule has 0 aliphatic rings. The van der Waals surface area contributed by atoms with Crippen molar-refractivity contribution in [3.05, 3.63) is 56.3 Å². The Balaban J connectivity index is 1.78. The molecular formula is C15H16N2O2S. The molecule has 0 atom stereocenters. The highest BCUT2D eigenvalue weighted by Gasteiger charge is 2.11. The van der Waals surface area contributed by atoms with Crippen LogP contribution in [0.5, 0.6) is 0 Å². The van der Waals surface area contributed by atoms with Gasteiger partial charge in [-0.05, 0) is 6.07 Å². The van der Waals surface area contributed by atoms with E-state index in [4.69, 9.17) is 4.42 Å². The number of aromatic amines is 1. The average molecular weight is 288 g/mol. The first-order valence-corrected chi connectivity index (χ1v) is 7.52. The first-order chi connectivity index (χ1) is 9.78. The van der Waals surface area contributed by atoms with Crippen molar-refractivity contribution in [2.45, 2.75) is 26.4 Å². The molecule has 4 nitrogen and oxygen atoms in total. The van der Waals surface area contributed by atoms with Crippen molar-refractivity contribution in [1.29, 1.82) is 0 Å². The van der Waals surface area contributed by atoms with Gasteiger partial charge in [0, 0.05) is 41.5 Å². The first kappa shape index (κ1) is 13.1. The third-order valence-corrected chi connectivity index (χ3v) is 4.01. The molecule has 1 aromatic carbocycles. The standard InChI is InChI=1S/C15H16N2O2S/c1-2-13-12(11-5-3-4-6-14(11)19-13)8-16-7-10-9-20-15(18)17-10/h3-6,9,16H,2,7-8H2,1H3,(H,17,18). The smallest absolute Gasteiger partial charge is 0.304 e. The van der Waals surface area contributed by atoms with E-state index in [9.17, 15) is 4.79 Å². The van der Waals surface area contributed by atoms with Crippen molar-refractivity contribution in [2.75, 3.05) is 0 Å². The van der Waals surface area contributed by atoms with Crippen LogP contribution in [0.2, 0.25) is 0 Å². The number of furan rings is 1. The van der Waals surface area contributed by atoms with Crippen LogP contribution in [0.25, 0.3) is 11.0 Å². The molecular weight excluding hydrogens is 272 g/mol. The fourth-order valence-corrected chi connectivity index (χ4v) is 2.93. The van der Waals surface area contributed by atoms with Crippen LogP contribution in [0.1, 0.15) is 23.9 Å². The van der Waals surface area contributed by atoms with Gasteiger partial charge < -0.3 is 14.7 Å². The fraction of sp³-hybridized carbons (Fsp3) is 0.267. The van der Waals surface area contributed by atoms with E-state index in [1.165, 1.54) is 16.9 Å². The van der Waals surface area contributed by atoms with Gasteiger partial charge >= 0.3 is 4.87 Å². The van der Waals surface area contributed by atoms with Crippen LogP contribution < -0.4 is 10.2 Å². The quantitative estimate of drug-likeness (QED) is 0.758. The maximum atomic E-state index is 11.1. The van der Waals surface area contributed by atoms with Crippen LogP contribution in [-0.4, -0.2) is 4.98 Å².